The van der Waals surface area contributed by atoms with Gasteiger partial charge < -0.3 is 4.90 Å². The molecule has 1 aliphatic carbocycles. The number of hydrogen-bond acceptors (Lipinski definition) is 2. The molecule has 0 saturated heterocycles. The number of amides is 1. The average Bonchev–Trinajstić information content (AvgIpc) is 3.18. The van der Waals surface area contributed by atoms with Gasteiger partial charge in [-0.1, -0.05) is 0 Å². The van der Waals surface area contributed by atoms with E-state index < -0.39 is 24.7 Å². The Morgan fingerprint density at radius 3 is 2.70 bits per heavy atom. The molecule has 20 heavy (non-hydrogen) atoms. The largest absolute Gasteiger partial charge is 0.406 e. The number of aromatic nitrogens is 1. The van der Waals surface area contributed by atoms with Crippen molar-refractivity contribution in [3.8, 4) is 0 Å². The van der Waals surface area contributed by atoms with Gasteiger partial charge in [0.2, 0.25) is 0 Å². The van der Waals surface area contributed by atoms with E-state index in [1.807, 2.05) is 0 Å². The zero-order valence-corrected chi connectivity index (χ0v) is 12.4. The highest BCUT2D eigenvalue weighted by Crippen LogP contribution is 2.37. The quantitative estimate of drug-likeness (QED) is 0.830. The van der Waals surface area contributed by atoms with Gasteiger partial charge in [-0.25, -0.2) is 4.98 Å². The number of nitrogens with zero attached hydrogens (tertiary/aromatic N) is 2. The Balaban J connectivity index is 2.25. The molecular formula is C13H14BrF3N2O. The SMILES string of the molecule is CC(C1CC1)N(CC(F)(F)F)C(=O)c1ncccc1Br. The maximum atomic E-state index is 12.7. The van der Waals surface area contributed by atoms with Crippen LogP contribution in [0.15, 0.2) is 22.8 Å². The minimum absolute atomic E-state index is 0.0178. The van der Waals surface area contributed by atoms with Gasteiger partial charge in [-0.05, 0) is 53.7 Å². The van der Waals surface area contributed by atoms with E-state index in [2.05, 4.69) is 20.9 Å². The Morgan fingerprint density at radius 1 is 1.55 bits per heavy atom. The van der Waals surface area contributed by atoms with Crippen molar-refractivity contribution >= 4 is 21.8 Å². The minimum atomic E-state index is -4.42. The summed E-state index contributed by atoms with van der Waals surface area (Å²) < 4.78 is 38.5. The number of carbonyl (C=O) groups is 1. The lowest BCUT2D eigenvalue weighted by Crippen LogP contribution is -2.45. The zero-order valence-electron chi connectivity index (χ0n) is 10.8. The molecule has 3 nitrogen and oxygen atoms in total. The molecule has 1 aliphatic rings. The molecule has 0 spiro atoms. The molecule has 0 aromatic carbocycles. The first kappa shape index (κ1) is 15.3. The highest BCUT2D eigenvalue weighted by Gasteiger charge is 2.41. The van der Waals surface area contributed by atoms with E-state index in [9.17, 15) is 18.0 Å². The van der Waals surface area contributed by atoms with Gasteiger partial charge in [-0.15, -0.1) is 0 Å². The predicted molar refractivity (Wildman–Crippen MR) is 71.2 cm³/mol. The van der Waals surface area contributed by atoms with Crippen LogP contribution < -0.4 is 0 Å². The normalized spacial score (nSPS) is 16.9. The molecule has 1 aromatic heterocycles. The third-order valence-electron chi connectivity index (χ3n) is 3.37. The molecule has 1 unspecified atom stereocenters. The summed E-state index contributed by atoms with van der Waals surface area (Å²) in [7, 11) is 0. The number of alkyl halides is 3. The summed E-state index contributed by atoms with van der Waals surface area (Å²) in [6, 6.07) is 2.77. The lowest BCUT2D eigenvalue weighted by atomic mass is 10.1. The summed E-state index contributed by atoms with van der Waals surface area (Å²) in [6.07, 6.45) is -1.29. The summed E-state index contributed by atoms with van der Waals surface area (Å²) in [5.41, 5.74) is 0.0178. The predicted octanol–water partition coefficient (Wildman–Crippen LogP) is 3.65. The smallest absolute Gasteiger partial charge is 0.325 e. The number of rotatable bonds is 4. The van der Waals surface area contributed by atoms with Crippen LogP contribution >= 0.6 is 15.9 Å². The van der Waals surface area contributed by atoms with Gasteiger partial charge in [0.1, 0.15) is 12.2 Å². The van der Waals surface area contributed by atoms with E-state index in [4.69, 9.17) is 0 Å². The zero-order chi connectivity index (χ0) is 14.9. The Labute approximate surface area is 123 Å². The fraction of sp³-hybridized carbons (Fsp3) is 0.538. The topological polar surface area (TPSA) is 33.2 Å². The van der Waals surface area contributed by atoms with Gasteiger partial charge >= 0.3 is 6.18 Å². The summed E-state index contributed by atoms with van der Waals surface area (Å²) in [5, 5.41) is 0. The van der Waals surface area contributed by atoms with Gasteiger partial charge in [0.15, 0.2) is 0 Å². The van der Waals surface area contributed by atoms with Crippen LogP contribution in [-0.4, -0.2) is 34.6 Å². The van der Waals surface area contributed by atoms with E-state index in [0.29, 0.717) is 4.47 Å². The molecule has 1 fully saturated rings. The number of pyridine rings is 1. The second kappa shape index (κ2) is 5.71. The van der Waals surface area contributed by atoms with Gasteiger partial charge in [-0.3, -0.25) is 4.79 Å². The van der Waals surface area contributed by atoms with Crippen molar-refractivity contribution in [3.63, 3.8) is 0 Å². The number of halogens is 4. The number of carbonyl (C=O) groups excluding carboxylic acids is 1. The summed E-state index contributed by atoms with van der Waals surface area (Å²) >= 11 is 3.16. The first-order valence-corrected chi connectivity index (χ1v) is 7.07. The van der Waals surface area contributed by atoms with Crippen molar-refractivity contribution in [1.82, 2.24) is 9.88 Å². The average molecular weight is 351 g/mol. The van der Waals surface area contributed by atoms with E-state index in [1.165, 1.54) is 6.20 Å². The molecule has 1 heterocycles. The van der Waals surface area contributed by atoms with Crippen LogP contribution in [0.4, 0.5) is 13.2 Å². The van der Waals surface area contributed by atoms with E-state index >= 15 is 0 Å². The second-order valence-electron chi connectivity index (χ2n) is 4.96. The van der Waals surface area contributed by atoms with Crippen LogP contribution in [0.1, 0.15) is 30.3 Å². The van der Waals surface area contributed by atoms with Crippen molar-refractivity contribution in [2.24, 2.45) is 5.92 Å². The minimum Gasteiger partial charge on any atom is -0.325 e. The molecule has 1 atom stereocenters. The lowest BCUT2D eigenvalue weighted by molar-refractivity contribution is -0.144. The Kier molecular flexibility index (Phi) is 4.36. The molecular weight excluding hydrogens is 337 g/mol. The fourth-order valence-electron chi connectivity index (χ4n) is 2.11. The van der Waals surface area contributed by atoms with E-state index in [-0.39, 0.29) is 11.6 Å². The van der Waals surface area contributed by atoms with Crippen LogP contribution in [0.3, 0.4) is 0 Å². The maximum Gasteiger partial charge on any atom is 0.406 e. The van der Waals surface area contributed by atoms with Crippen LogP contribution in [0.25, 0.3) is 0 Å². The molecule has 0 aliphatic heterocycles. The van der Waals surface area contributed by atoms with E-state index in [1.54, 1.807) is 19.1 Å². The Bertz CT molecular complexity index is 503. The van der Waals surface area contributed by atoms with Crippen molar-refractivity contribution < 1.29 is 18.0 Å². The highest BCUT2D eigenvalue weighted by molar-refractivity contribution is 9.10. The molecule has 0 N–H and O–H groups in total. The van der Waals surface area contributed by atoms with Crippen LogP contribution in [0, 0.1) is 5.92 Å². The molecule has 1 aromatic rings. The molecule has 1 amide bonds. The summed E-state index contributed by atoms with van der Waals surface area (Å²) in [6.45, 7) is 0.421. The molecule has 1 saturated carbocycles. The molecule has 0 radical (unpaired) electrons. The van der Waals surface area contributed by atoms with Crippen LogP contribution in [0.5, 0.6) is 0 Å². The van der Waals surface area contributed by atoms with Crippen LogP contribution in [-0.2, 0) is 0 Å². The summed E-state index contributed by atoms with van der Waals surface area (Å²) in [4.78, 5) is 17.1. The molecule has 110 valence electrons. The Morgan fingerprint density at radius 2 is 2.20 bits per heavy atom. The van der Waals surface area contributed by atoms with Crippen molar-refractivity contribution in [2.75, 3.05) is 6.54 Å². The van der Waals surface area contributed by atoms with Gasteiger partial charge in [-0.2, -0.15) is 13.2 Å². The molecule has 7 heteroatoms. The standard InChI is InChI=1S/C13H14BrF3N2O/c1-8(9-4-5-9)19(7-13(15,16)17)12(20)11-10(14)3-2-6-18-11/h2-3,6,8-9H,4-5,7H2,1H3. The van der Waals surface area contributed by atoms with E-state index in [0.717, 1.165) is 17.7 Å². The van der Waals surface area contributed by atoms with Crippen LogP contribution in [0.2, 0.25) is 0 Å². The lowest BCUT2D eigenvalue weighted by Gasteiger charge is -2.30. The molecule has 0 bridgehead atoms. The van der Waals surface area contributed by atoms with Gasteiger partial charge in [0.05, 0.1) is 0 Å². The molecule has 2 rings (SSSR count). The van der Waals surface area contributed by atoms with Crippen molar-refractivity contribution in [1.29, 1.82) is 0 Å². The second-order valence-corrected chi connectivity index (χ2v) is 5.81. The highest BCUT2D eigenvalue weighted by atomic mass is 79.9. The third kappa shape index (κ3) is 3.71. The Hall–Kier alpha value is -1.11. The van der Waals surface area contributed by atoms with Crippen molar-refractivity contribution in [2.45, 2.75) is 32.0 Å². The van der Waals surface area contributed by atoms with Gasteiger partial charge in [0.25, 0.3) is 5.91 Å². The van der Waals surface area contributed by atoms with Crippen molar-refractivity contribution in [3.05, 3.63) is 28.5 Å². The monoisotopic (exact) mass is 350 g/mol. The fourth-order valence-corrected chi connectivity index (χ4v) is 2.53. The third-order valence-corrected chi connectivity index (χ3v) is 4.01. The summed E-state index contributed by atoms with van der Waals surface area (Å²) in [5.74, 6) is -0.530. The number of hydrogen-bond donors (Lipinski definition) is 0. The van der Waals surface area contributed by atoms with Gasteiger partial charge in [0, 0.05) is 16.7 Å². The maximum absolute atomic E-state index is 12.7. The first-order chi connectivity index (χ1) is 9.29. The first-order valence-electron chi connectivity index (χ1n) is 6.28.